The van der Waals surface area contributed by atoms with E-state index in [2.05, 4.69) is 29.7 Å². The summed E-state index contributed by atoms with van der Waals surface area (Å²) < 4.78 is 0. The fourth-order valence-electron chi connectivity index (χ4n) is 2.07. The number of carbonyl (C=O) groups is 1. The topological polar surface area (TPSA) is 61.4 Å². The molecule has 4 nitrogen and oxygen atoms in total. The van der Waals surface area contributed by atoms with Crippen molar-refractivity contribution < 1.29 is 9.90 Å². The van der Waals surface area contributed by atoms with Crippen LogP contribution >= 0.6 is 11.8 Å². The van der Waals surface area contributed by atoms with Crippen molar-refractivity contribution in [2.75, 3.05) is 12.9 Å². The first-order valence-electron chi connectivity index (χ1n) is 7.24. The average molecular weight is 310 g/mol. The van der Waals surface area contributed by atoms with Crippen molar-refractivity contribution in [3.63, 3.8) is 0 Å². The van der Waals surface area contributed by atoms with E-state index in [0.29, 0.717) is 13.0 Å². The average Bonchev–Trinajstić information content (AvgIpc) is 2.46. The molecule has 0 heterocycles. The summed E-state index contributed by atoms with van der Waals surface area (Å²) in [5.41, 5.74) is 1.96. The molecule has 0 saturated carbocycles. The summed E-state index contributed by atoms with van der Waals surface area (Å²) in [7, 11) is 0. The van der Waals surface area contributed by atoms with E-state index >= 15 is 0 Å². The molecule has 1 aromatic carbocycles. The number of thioether (sulfide) groups is 1. The standard InChI is InChI=1S/C16H26N2O2S/c1-5-16(3,8-9-19)18-15(20)17-11-13-7-6-12(2)10-14(13)21-4/h6-7,10,19H,5,8-9,11H2,1-4H3,(H2,17,18,20). The van der Waals surface area contributed by atoms with E-state index in [4.69, 9.17) is 5.11 Å². The van der Waals surface area contributed by atoms with E-state index < -0.39 is 0 Å². The van der Waals surface area contributed by atoms with Gasteiger partial charge < -0.3 is 15.7 Å². The molecule has 0 saturated heterocycles. The van der Waals surface area contributed by atoms with Gasteiger partial charge >= 0.3 is 6.03 Å². The Hall–Kier alpha value is -1.20. The van der Waals surface area contributed by atoms with Crippen LogP contribution in [0.5, 0.6) is 0 Å². The lowest BCUT2D eigenvalue weighted by molar-refractivity contribution is 0.200. The molecule has 1 atom stereocenters. The molecule has 0 bridgehead atoms. The smallest absolute Gasteiger partial charge is 0.315 e. The number of hydrogen-bond donors (Lipinski definition) is 3. The van der Waals surface area contributed by atoms with Gasteiger partial charge in [-0.05, 0) is 50.1 Å². The number of aliphatic hydroxyl groups excluding tert-OH is 1. The van der Waals surface area contributed by atoms with Crippen LogP contribution in [0.1, 0.15) is 37.8 Å². The number of hydrogen-bond acceptors (Lipinski definition) is 3. The third kappa shape index (κ3) is 5.59. The molecule has 3 N–H and O–H groups in total. The fourth-order valence-corrected chi connectivity index (χ4v) is 2.77. The van der Waals surface area contributed by atoms with Crippen LogP contribution in [0.3, 0.4) is 0 Å². The first kappa shape index (κ1) is 17.9. The number of rotatable bonds is 7. The molecule has 0 radical (unpaired) electrons. The molecule has 1 aromatic rings. The summed E-state index contributed by atoms with van der Waals surface area (Å²) in [6.07, 6.45) is 3.37. The Kier molecular flexibility index (Phi) is 7.05. The summed E-state index contributed by atoms with van der Waals surface area (Å²) in [6.45, 7) is 6.58. The van der Waals surface area contributed by atoms with E-state index in [1.165, 1.54) is 10.5 Å². The van der Waals surface area contributed by atoms with Gasteiger partial charge in [0.2, 0.25) is 0 Å². The normalized spacial score (nSPS) is 13.6. The second-order valence-corrected chi connectivity index (χ2v) is 6.36. The fraction of sp³-hybridized carbons (Fsp3) is 0.562. The van der Waals surface area contributed by atoms with Crippen molar-refractivity contribution in [2.24, 2.45) is 0 Å². The zero-order valence-corrected chi connectivity index (χ0v) is 14.1. The van der Waals surface area contributed by atoms with Gasteiger partial charge in [-0.15, -0.1) is 11.8 Å². The highest BCUT2D eigenvalue weighted by Gasteiger charge is 2.23. The van der Waals surface area contributed by atoms with Crippen molar-refractivity contribution in [1.29, 1.82) is 0 Å². The zero-order chi connectivity index (χ0) is 15.9. The Morgan fingerprint density at radius 3 is 2.71 bits per heavy atom. The van der Waals surface area contributed by atoms with Gasteiger partial charge in [-0.2, -0.15) is 0 Å². The van der Waals surface area contributed by atoms with E-state index in [-0.39, 0.29) is 18.2 Å². The third-order valence-electron chi connectivity index (χ3n) is 3.74. The Balaban J connectivity index is 2.61. The van der Waals surface area contributed by atoms with Gasteiger partial charge in [0.05, 0.1) is 0 Å². The van der Waals surface area contributed by atoms with Gasteiger partial charge in [0.1, 0.15) is 0 Å². The highest BCUT2D eigenvalue weighted by Crippen LogP contribution is 2.21. The summed E-state index contributed by atoms with van der Waals surface area (Å²) in [5, 5.41) is 14.9. The number of urea groups is 1. The van der Waals surface area contributed by atoms with Gasteiger partial charge in [0, 0.05) is 23.6 Å². The molecule has 0 aliphatic carbocycles. The molecule has 0 aliphatic heterocycles. The Bertz CT molecular complexity index is 479. The molecule has 0 aliphatic rings. The lowest BCUT2D eigenvalue weighted by Gasteiger charge is -2.29. The van der Waals surface area contributed by atoms with E-state index in [1.807, 2.05) is 26.2 Å². The molecular weight excluding hydrogens is 284 g/mol. The third-order valence-corrected chi connectivity index (χ3v) is 4.56. The number of benzene rings is 1. The van der Waals surface area contributed by atoms with Gasteiger partial charge in [-0.3, -0.25) is 0 Å². The second kappa shape index (κ2) is 8.29. The number of carbonyl (C=O) groups excluding carboxylic acids is 1. The van der Waals surface area contributed by atoms with Crippen LogP contribution in [-0.2, 0) is 6.54 Å². The van der Waals surface area contributed by atoms with E-state index in [0.717, 1.165) is 12.0 Å². The van der Waals surface area contributed by atoms with E-state index in [9.17, 15) is 4.79 Å². The lowest BCUT2D eigenvalue weighted by atomic mass is 9.95. The van der Waals surface area contributed by atoms with Gasteiger partial charge in [-0.1, -0.05) is 19.1 Å². The Labute approximate surface area is 131 Å². The van der Waals surface area contributed by atoms with Crippen molar-refractivity contribution in [3.05, 3.63) is 29.3 Å². The summed E-state index contributed by atoms with van der Waals surface area (Å²) in [5.74, 6) is 0. The summed E-state index contributed by atoms with van der Waals surface area (Å²) in [4.78, 5) is 13.2. The molecule has 21 heavy (non-hydrogen) atoms. The van der Waals surface area contributed by atoms with Crippen molar-refractivity contribution in [1.82, 2.24) is 10.6 Å². The maximum Gasteiger partial charge on any atom is 0.315 e. The summed E-state index contributed by atoms with van der Waals surface area (Å²) in [6, 6.07) is 6.03. The minimum atomic E-state index is -0.367. The van der Waals surface area contributed by atoms with Crippen LogP contribution in [0.4, 0.5) is 4.79 Å². The number of amides is 2. The van der Waals surface area contributed by atoms with Crippen LogP contribution in [0.15, 0.2) is 23.1 Å². The lowest BCUT2D eigenvalue weighted by Crippen LogP contribution is -2.50. The zero-order valence-electron chi connectivity index (χ0n) is 13.3. The van der Waals surface area contributed by atoms with Crippen LogP contribution < -0.4 is 10.6 Å². The molecular formula is C16H26N2O2S. The minimum Gasteiger partial charge on any atom is -0.396 e. The van der Waals surface area contributed by atoms with E-state index in [1.54, 1.807) is 11.8 Å². The Morgan fingerprint density at radius 2 is 2.14 bits per heavy atom. The first-order valence-corrected chi connectivity index (χ1v) is 8.47. The molecule has 2 amide bonds. The molecule has 118 valence electrons. The molecule has 0 aromatic heterocycles. The molecule has 1 unspecified atom stereocenters. The number of aliphatic hydroxyl groups is 1. The van der Waals surface area contributed by atoms with Crippen molar-refractivity contribution in [2.45, 2.75) is 50.6 Å². The predicted molar refractivity (Wildman–Crippen MR) is 88.7 cm³/mol. The van der Waals surface area contributed by atoms with Crippen LogP contribution in [0, 0.1) is 6.92 Å². The minimum absolute atomic E-state index is 0.0687. The Morgan fingerprint density at radius 1 is 1.43 bits per heavy atom. The van der Waals surface area contributed by atoms with Crippen LogP contribution in [0.25, 0.3) is 0 Å². The monoisotopic (exact) mass is 310 g/mol. The quantitative estimate of drug-likeness (QED) is 0.678. The highest BCUT2D eigenvalue weighted by molar-refractivity contribution is 7.98. The largest absolute Gasteiger partial charge is 0.396 e. The van der Waals surface area contributed by atoms with Gasteiger partial charge in [-0.25, -0.2) is 4.79 Å². The van der Waals surface area contributed by atoms with Gasteiger partial charge in [0.25, 0.3) is 0 Å². The molecule has 1 rings (SSSR count). The molecule has 0 spiro atoms. The number of aryl methyl sites for hydroxylation is 1. The van der Waals surface area contributed by atoms with Crippen molar-refractivity contribution in [3.8, 4) is 0 Å². The van der Waals surface area contributed by atoms with Crippen molar-refractivity contribution >= 4 is 17.8 Å². The maximum absolute atomic E-state index is 12.0. The van der Waals surface area contributed by atoms with Crippen LogP contribution in [-0.4, -0.2) is 29.5 Å². The molecule has 5 heteroatoms. The van der Waals surface area contributed by atoms with Crippen LogP contribution in [0.2, 0.25) is 0 Å². The molecule has 0 fully saturated rings. The number of nitrogens with one attached hydrogen (secondary N) is 2. The predicted octanol–water partition coefficient (Wildman–Crippen LogP) is 3.07. The second-order valence-electron chi connectivity index (χ2n) is 5.51. The maximum atomic E-state index is 12.0. The highest BCUT2D eigenvalue weighted by atomic mass is 32.2. The van der Waals surface area contributed by atoms with Gasteiger partial charge in [0.15, 0.2) is 0 Å². The first-order chi connectivity index (χ1) is 9.94. The summed E-state index contributed by atoms with van der Waals surface area (Å²) >= 11 is 1.68. The SMILES string of the molecule is CCC(C)(CCO)NC(=O)NCc1ccc(C)cc1SC.